The summed E-state index contributed by atoms with van der Waals surface area (Å²) in [5, 5.41) is 23.8. The molecule has 0 spiro atoms. The number of nitrogens with one attached hydrogen (secondary N) is 1. The molecule has 1 aromatic rings. The van der Waals surface area contributed by atoms with Gasteiger partial charge in [-0.15, -0.1) is 0 Å². The lowest BCUT2D eigenvalue weighted by atomic mass is 9.94. The molecule has 3 N–H and O–H groups in total. The van der Waals surface area contributed by atoms with Crippen molar-refractivity contribution in [3.05, 3.63) is 35.4 Å². The highest BCUT2D eigenvalue weighted by Crippen LogP contribution is 2.40. The molecule has 30 heavy (non-hydrogen) atoms. The van der Waals surface area contributed by atoms with Gasteiger partial charge in [0.05, 0.1) is 13.3 Å². The summed E-state index contributed by atoms with van der Waals surface area (Å²) in [5.74, 6) is 0. The Balaban J connectivity index is 1.69. The zero-order valence-electron chi connectivity index (χ0n) is 16.2. The second-order valence-electron chi connectivity index (χ2n) is 7.13. The summed E-state index contributed by atoms with van der Waals surface area (Å²) in [4.78, 5) is 4.13. The predicted octanol–water partition coefficient (Wildman–Crippen LogP) is 2.17. The van der Waals surface area contributed by atoms with Crippen LogP contribution in [0.1, 0.15) is 17.5 Å². The molecule has 3 rings (SSSR count). The number of aryl methyl sites for hydroxylation is 1. The Kier molecular flexibility index (Phi) is 7.61. The van der Waals surface area contributed by atoms with Crippen LogP contribution in [0.2, 0.25) is 0 Å². The summed E-state index contributed by atoms with van der Waals surface area (Å²) >= 11 is 1.05. The fraction of sp³-hybridized carbons (Fsp3) is 0.632. The second-order valence-corrected chi connectivity index (χ2v) is 8.21. The zero-order chi connectivity index (χ0) is 21.9. The molecule has 168 valence electrons. The van der Waals surface area contributed by atoms with Crippen LogP contribution in [-0.2, 0) is 22.5 Å². The number of aliphatic hydroxyl groups is 2. The van der Waals surface area contributed by atoms with Gasteiger partial charge in [0.1, 0.15) is 29.8 Å². The Bertz CT molecular complexity index is 734. The molecule has 6 nitrogen and oxygen atoms in total. The Labute approximate surface area is 175 Å². The van der Waals surface area contributed by atoms with Gasteiger partial charge < -0.3 is 25.0 Å². The smallest absolute Gasteiger partial charge is 0.388 e. The lowest BCUT2D eigenvalue weighted by molar-refractivity contribution is -0.286. The molecule has 0 aromatic heterocycles. The zero-order valence-corrected chi connectivity index (χ0v) is 17.0. The van der Waals surface area contributed by atoms with Gasteiger partial charge in [-0.3, -0.25) is 9.38 Å². The fourth-order valence-corrected chi connectivity index (χ4v) is 4.46. The van der Waals surface area contributed by atoms with Crippen LogP contribution in [0.25, 0.3) is 0 Å². The molecule has 2 aliphatic rings. The second kappa shape index (κ2) is 9.82. The maximum atomic E-state index is 13.7. The third-order valence-corrected chi connectivity index (χ3v) is 6.14. The van der Waals surface area contributed by atoms with Gasteiger partial charge in [-0.25, -0.2) is 0 Å². The number of amidine groups is 1. The third kappa shape index (κ3) is 5.25. The predicted molar refractivity (Wildman–Crippen MR) is 104 cm³/mol. The fourth-order valence-electron chi connectivity index (χ4n) is 3.39. The highest BCUT2D eigenvalue weighted by molar-refractivity contribution is 8.14. The highest BCUT2D eigenvalue weighted by Gasteiger charge is 2.57. The summed E-state index contributed by atoms with van der Waals surface area (Å²) in [6.45, 7) is -0.801. The number of ether oxygens (including phenoxy) is 2. The van der Waals surface area contributed by atoms with Crippen LogP contribution >= 0.6 is 11.8 Å². The standard InChI is InChI=1S/C19H24F4N2O4S/c1-24-18-25-12-13(26)14(27)15(29-17(12)30-18)16(19(21,22)23)28-9-11-6-4-10(5-7-11)3-2-8-20/h4-7,12-17,26-27H,2-3,8-9H2,1H3,(H,24,25)/t12-,13-,14+,15+,16-,17-/m1/s1. The van der Waals surface area contributed by atoms with E-state index < -0.39 is 48.7 Å². The molecule has 0 radical (unpaired) electrons. The summed E-state index contributed by atoms with van der Waals surface area (Å²) < 4.78 is 64.0. The number of fused-ring (bicyclic) bond motifs is 1. The summed E-state index contributed by atoms with van der Waals surface area (Å²) in [6.07, 6.45) is -11.5. The molecule has 2 heterocycles. The average molecular weight is 452 g/mol. The van der Waals surface area contributed by atoms with Gasteiger partial charge in [0.15, 0.2) is 11.3 Å². The van der Waals surface area contributed by atoms with E-state index in [0.29, 0.717) is 23.6 Å². The molecule has 2 aliphatic heterocycles. The van der Waals surface area contributed by atoms with Gasteiger partial charge in [-0.1, -0.05) is 36.0 Å². The Morgan fingerprint density at radius 1 is 1.20 bits per heavy atom. The van der Waals surface area contributed by atoms with Crippen molar-refractivity contribution in [1.82, 2.24) is 5.32 Å². The van der Waals surface area contributed by atoms with Crippen molar-refractivity contribution in [2.24, 2.45) is 4.99 Å². The molecule has 0 saturated carbocycles. The number of thioether (sulfide) groups is 1. The molecule has 1 aromatic carbocycles. The lowest BCUT2D eigenvalue weighted by Gasteiger charge is -2.41. The minimum absolute atomic E-state index is 0.365. The van der Waals surface area contributed by atoms with Crippen molar-refractivity contribution in [3.8, 4) is 0 Å². The molecular weight excluding hydrogens is 428 g/mol. The number of alkyl halides is 4. The van der Waals surface area contributed by atoms with E-state index in [1.165, 1.54) is 0 Å². The third-order valence-electron chi connectivity index (χ3n) is 4.99. The SMILES string of the molecule is CNC1=N[C@@H]2[C@@H](O)[C@H](O)[C@@H]([C@@H](OCc3ccc(CCCF)cc3)C(F)(F)F)O[C@@H]2S1. The Morgan fingerprint density at radius 2 is 1.87 bits per heavy atom. The van der Waals surface area contributed by atoms with E-state index in [9.17, 15) is 27.8 Å². The first-order valence-corrected chi connectivity index (χ1v) is 10.4. The molecular formula is C19H24F4N2O4S. The molecule has 11 heteroatoms. The molecule has 0 amide bonds. The van der Waals surface area contributed by atoms with Gasteiger partial charge in [-0.2, -0.15) is 13.2 Å². The first-order chi connectivity index (χ1) is 14.2. The maximum absolute atomic E-state index is 13.7. The van der Waals surface area contributed by atoms with Crippen LogP contribution in [0.5, 0.6) is 0 Å². The van der Waals surface area contributed by atoms with E-state index in [1.807, 2.05) is 0 Å². The van der Waals surface area contributed by atoms with Crippen LogP contribution < -0.4 is 5.32 Å². The van der Waals surface area contributed by atoms with Gasteiger partial charge in [0.2, 0.25) is 0 Å². The molecule has 0 bridgehead atoms. The number of benzene rings is 1. The van der Waals surface area contributed by atoms with Crippen molar-refractivity contribution in [2.45, 2.75) is 61.5 Å². The van der Waals surface area contributed by atoms with Crippen molar-refractivity contribution in [1.29, 1.82) is 0 Å². The molecule has 1 saturated heterocycles. The summed E-state index contributed by atoms with van der Waals surface area (Å²) in [7, 11) is 1.59. The van der Waals surface area contributed by atoms with Gasteiger partial charge in [0.25, 0.3) is 0 Å². The summed E-state index contributed by atoms with van der Waals surface area (Å²) in [5.41, 5.74) is 0.509. The van der Waals surface area contributed by atoms with Gasteiger partial charge in [-0.05, 0) is 24.0 Å². The minimum atomic E-state index is -4.82. The topological polar surface area (TPSA) is 83.3 Å². The summed E-state index contributed by atoms with van der Waals surface area (Å²) in [6, 6.07) is 5.79. The van der Waals surface area contributed by atoms with Crippen LogP contribution in [0.3, 0.4) is 0 Å². The van der Waals surface area contributed by atoms with Gasteiger partial charge >= 0.3 is 6.18 Å². The van der Waals surface area contributed by atoms with Crippen molar-refractivity contribution in [3.63, 3.8) is 0 Å². The average Bonchev–Trinajstić information content (AvgIpc) is 3.13. The normalized spacial score (nSPS) is 30.0. The quantitative estimate of drug-likeness (QED) is 0.550. The van der Waals surface area contributed by atoms with Crippen molar-refractivity contribution >= 4 is 16.9 Å². The van der Waals surface area contributed by atoms with E-state index in [-0.39, 0.29) is 6.61 Å². The monoisotopic (exact) mass is 452 g/mol. The Morgan fingerprint density at radius 3 is 2.47 bits per heavy atom. The lowest BCUT2D eigenvalue weighted by Crippen LogP contribution is -2.61. The van der Waals surface area contributed by atoms with Crippen LogP contribution in [0, 0.1) is 0 Å². The molecule has 0 unspecified atom stereocenters. The molecule has 0 aliphatic carbocycles. The maximum Gasteiger partial charge on any atom is 0.417 e. The van der Waals surface area contributed by atoms with E-state index in [0.717, 1.165) is 17.3 Å². The first kappa shape index (κ1) is 23.3. The Hall–Kier alpha value is -1.40. The minimum Gasteiger partial charge on any atom is -0.388 e. The van der Waals surface area contributed by atoms with E-state index in [2.05, 4.69) is 10.3 Å². The number of rotatable bonds is 7. The van der Waals surface area contributed by atoms with Crippen LogP contribution in [-0.4, -0.2) is 71.2 Å². The number of aliphatic hydroxyl groups excluding tert-OH is 2. The number of hydrogen-bond acceptors (Lipinski definition) is 7. The molecule has 1 fully saturated rings. The molecule has 6 atom stereocenters. The number of hydrogen-bond donors (Lipinski definition) is 3. The van der Waals surface area contributed by atoms with E-state index >= 15 is 0 Å². The van der Waals surface area contributed by atoms with Gasteiger partial charge in [0, 0.05) is 7.05 Å². The van der Waals surface area contributed by atoms with Crippen molar-refractivity contribution in [2.75, 3.05) is 13.7 Å². The largest absolute Gasteiger partial charge is 0.417 e. The highest BCUT2D eigenvalue weighted by atomic mass is 32.2. The number of halogens is 4. The van der Waals surface area contributed by atoms with E-state index in [4.69, 9.17) is 9.47 Å². The number of nitrogens with zero attached hydrogens (tertiary/aromatic N) is 1. The van der Waals surface area contributed by atoms with Crippen LogP contribution in [0.15, 0.2) is 29.3 Å². The van der Waals surface area contributed by atoms with Crippen molar-refractivity contribution < 1.29 is 37.2 Å². The number of aliphatic imine (C=N–C) groups is 1. The van der Waals surface area contributed by atoms with E-state index in [1.54, 1.807) is 31.3 Å². The first-order valence-electron chi connectivity index (χ1n) is 9.50. The van der Waals surface area contributed by atoms with Crippen LogP contribution in [0.4, 0.5) is 17.6 Å².